The molecule has 26 heavy (non-hydrogen) atoms. The molecular weight excluding hydrogens is 368 g/mol. The smallest absolute Gasteiger partial charge is 0.478 e. The van der Waals surface area contributed by atoms with Gasteiger partial charge in [-0.2, -0.15) is 0 Å². The first-order chi connectivity index (χ1) is 11.9. The zero-order chi connectivity index (χ0) is 19.8. The van der Waals surface area contributed by atoms with Gasteiger partial charge < -0.3 is 25.7 Å². The predicted octanol–water partition coefficient (Wildman–Crippen LogP) is 2.06. The van der Waals surface area contributed by atoms with Gasteiger partial charge in [-0.25, -0.2) is 14.0 Å². The van der Waals surface area contributed by atoms with Gasteiger partial charge in [0.2, 0.25) is 0 Å². The monoisotopic (exact) mass is 376 g/mol. The number of aromatic carboxylic acids is 2. The number of hydrogen-bond acceptors (Lipinski definition) is 5. The molecule has 0 atom stereocenters. The minimum absolute atomic E-state index is 0.413. The molecule has 0 saturated carbocycles. The van der Waals surface area contributed by atoms with Crippen LogP contribution in [-0.4, -0.2) is 33.5 Å². The number of carbonyl (C=O) groups is 2. The molecule has 0 unspecified atom stereocenters. The fraction of sp³-hybridized carbons (Fsp3) is 0.0714. The number of aromatic nitrogens is 1. The summed E-state index contributed by atoms with van der Waals surface area (Å²) < 4.78 is 54.1. The van der Waals surface area contributed by atoms with E-state index >= 15 is 0 Å². The van der Waals surface area contributed by atoms with Gasteiger partial charge in [0.15, 0.2) is 11.6 Å². The van der Waals surface area contributed by atoms with Crippen LogP contribution in [-0.2, 0) is 0 Å². The van der Waals surface area contributed by atoms with E-state index in [2.05, 4.69) is 4.74 Å². The summed E-state index contributed by atoms with van der Waals surface area (Å²) >= 11 is 0. The van der Waals surface area contributed by atoms with Crippen LogP contribution in [0.2, 0.25) is 0 Å². The maximum absolute atomic E-state index is 13.5. The SMILES string of the molecule is Nc1[nH]c(=O)c(C(=O)O)c(-c2ccc(F)c(OC(F)(F)F)c2)c1C(=O)O. The van der Waals surface area contributed by atoms with E-state index in [4.69, 9.17) is 5.73 Å². The highest BCUT2D eigenvalue weighted by atomic mass is 19.4. The van der Waals surface area contributed by atoms with E-state index in [9.17, 15) is 42.2 Å². The number of ether oxygens (including phenoxy) is 1. The van der Waals surface area contributed by atoms with Crippen LogP contribution in [0.1, 0.15) is 20.7 Å². The van der Waals surface area contributed by atoms with E-state index in [1.165, 1.54) is 0 Å². The lowest BCUT2D eigenvalue weighted by molar-refractivity contribution is -0.275. The van der Waals surface area contributed by atoms with Gasteiger partial charge in [0, 0.05) is 5.56 Å². The zero-order valence-electron chi connectivity index (χ0n) is 12.3. The van der Waals surface area contributed by atoms with Crippen LogP contribution < -0.4 is 16.0 Å². The van der Waals surface area contributed by atoms with Crippen molar-refractivity contribution in [3.05, 3.63) is 45.5 Å². The quantitative estimate of drug-likeness (QED) is 0.598. The number of anilines is 1. The summed E-state index contributed by atoms with van der Waals surface area (Å²) in [5.41, 5.74) is 0.789. The van der Waals surface area contributed by atoms with Crippen LogP contribution in [0.4, 0.5) is 23.4 Å². The molecule has 8 nitrogen and oxygen atoms in total. The van der Waals surface area contributed by atoms with Gasteiger partial charge in [0.05, 0.1) is 0 Å². The highest BCUT2D eigenvalue weighted by Gasteiger charge is 2.33. The van der Waals surface area contributed by atoms with Crippen molar-refractivity contribution < 1.29 is 42.1 Å². The fourth-order valence-electron chi connectivity index (χ4n) is 2.20. The van der Waals surface area contributed by atoms with Crippen molar-refractivity contribution in [2.45, 2.75) is 6.36 Å². The molecule has 2 rings (SSSR count). The van der Waals surface area contributed by atoms with Crippen LogP contribution in [0, 0.1) is 5.82 Å². The number of nitrogens with one attached hydrogen (secondary N) is 1. The molecule has 1 aromatic carbocycles. The van der Waals surface area contributed by atoms with E-state index in [1.54, 1.807) is 0 Å². The Morgan fingerprint density at radius 2 is 1.69 bits per heavy atom. The Morgan fingerprint density at radius 1 is 1.12 bits per heavy atom. The van der Waals surface area contributed by atoms with Crippen LogP contribution in [0.3, 0.4) is 0 Å². The Bertz CT molecular complexity index is 967. The first kappa shape index (κ1) is 18.8. The molecule has 0 spiro atoms. The second-order valence-electron chi connectivity index (χ2n) is 4.80. The highest BCUT2D eigenvalue weighted by Crippen LogP contribution is 2.34. The van der Waals surface area contributed by atoms with Crippen LogP contribution in [0.15, 0.2) is 23.0 Å². The Kier molecular flexibility index (Phi) is 4.61. The number of carboxylic acids is 2. The number of carboxylic acid groups (broad SMARTS) is 2. The first-order valence-corrected chi connectivity index (χ1v) is 6.50. The molecule has 0 fully saturated rings. The normalized spacial score (nSPS) is 11.2. The Labute approximate surface area is 140 Å². The fourth-order valence-corrected chi connectivity index (χ4v) is 2.20. The highest BCUT2D eigenvalue weighted by molar-refractivity contribution is 6.07. The van der Waals surface area contributed by atoms with E-state index in [-0.39, 0.29) is 0 Å². The number of hydrogen-bond donors (Lipinski definition) is 4. The second kappa shape index (κ2) is 6.38. The molecule has 0 aliphatic carbocycles. The second-order valence-corrected chi connectivity index (χ2v) is 4.80. The maximum atomic E-state index is 13.5. The minimum atomic E-state index is -5.27. The van der Waals surface area contributed by atoms with Crippen molar-refractivity contribution in [1.29, 1.82) is 0 Å². The zero-order valence-corrected chi connectivity index (χ0v) is 12.3. The van der Waals surface area contributed by atoms with Crippen LogP contribution in [0.5, 0.6) is 5.75 Å². The number of halogens is 4. The molecule has 0 radical (unpaired) electrons. The number of nitrogens with two attached hydrogens (primary N) is 1. The Morgan fingerprint density at radius 3 is 2.19 bits per heavy atom. The maximum Gasteiger partial charge on any atom is 0.573 e. The lowest BCUT2D eigenvalue weighted by Gasteiger charge is -2.14. The molecule has 0 aliphatic heterocycles. The van der Waals surface area contributed by atoms with Gasteiger partial charge >= 0.3 is 18.3 Å². The van der Waals surface area contributed by atoms with E-state index < -0.39 is 63.5 Å². The molecule has 1 aromatic heterocycles. The number of pyridine rings is 1. The molecule has 2 aromatic rings. The number of aromatic amines is 1. The predicted molar refractivity (Wildman–Crippen MR) is 77.5 cm³/mol. The van der Waals surface area contributed by atoms with Gasteiger partial charge in [-0.05, 0) is 17.7 Å². The third-order valence-electron chi connectivity index (χ3n) is 3.12. The average Bonchev–Trinajstić information content (AvgIpc) is 2.46. The van der Waals surface area contributed by atoms with E-state index in [0.29, 0.717) is 12.1 Å². The molecule has 0 aliphatic rings. The van der Waals surface area contributed by atoms with Crippen molar-refractivity contribution in [2.75, 3.05) is 5.73 Å². The van der Waals surface area contributed by atoms with Crippen molar-refractivity contribution in [3.8, 4) is 16.9 Å². The van der Waals surface area contributed by atoms with Crippen molar-refractivity contribution in [1.82, 2.24) is 4.98 Å². The molecule has 0 bridgehead atoms. The number of rotatable bonds is 4. The molecule has 1 heterocycles. The van der Waals surface area contributed by atoms with Gasteiger partial charge in [0.1, 0.15) is 16.9 Å². The molecule has 5 N–H and O–H groups in total. The number of H-pyrrole nitrogens is 1. The summed E-state index contributed by atoms with van der Waals surface area (Å²) in [4.78, 5) is 36.4. The molecular formula is C14H8F4N2O6. The minimum Gasteiger partial charge on any atom is -0.478 e. The number of benzene rings is 1. The van der Waals surface area contributed by atoms with Gasteiger partial charge in [-0.1, -0.05) is 6.07 Å². The summed E-state index contributed by atoms with van der Waals surface area (Å²) in [6.45, 7) is 0. The van der Waals surface area contributed by atoms with Gasteiger partial charge in [0.25, 0.3) is 5.56 Å². The largest absolute Gasteiger partial charge is 0.573 e. The van der Waals surface area contributed by atoms with E-state index in [1.807, 2.05) is 4.98 Å². The lowest BCUT2D eigenvalue weighted by atomic mass is 9.95. The van der Waals surface area contributed by atoms with E-state index in [0.717, 1.165) is 6.07 Å². The lowest BCUT2D eigenvalue weighted by Crippen LogP contribution is -2.24. The van der Waals surface area contributed by atoms with Crippen molar-refractivity contribution >= 4 is 17.8 Å². The number of alkyl halides is 3. The molecule has 138 valence electrons. The summed E-state index contributed by atoms with van der Waals surface area (Å²) in [7, 11) is 0. The summed E-state index contributed by atoms with van der Waals surface area (Å²) in [6.07, 6.45) is -5.27. The third-order valence-corrected chi connectivity index (χ3v) is 3.12. The molecule has 0 amide bonds. The third kappa shape index (κ3) is 3.58. The summed E-state index contributed by atoms with van der Waals surface area (Å²) in [5, 5.41) is 18.4. The number of nitrogen functional groups attached to an aromatic ring is 1. The van der Waals surface area contributed by atoms with Crippen LogP contribution >= 0.6 is 0 Å². The van der Waals surface area contributed by atoms with Crippen molar-refractivity contribution in [3.63, 3.8) is 0 Å². The summed E-state index contributed by atoms with van der Waals surface area (Å²) in [5.74, 6) is -7.16. The topological polar surface area (TPSA) is 143 Å². The van der Waals surface area contributed by atoms with Gasteiger partial charge in [-0.3, -0.25) is 4.79 Å². The molecule has 12 heteroatoms. The van der Waals surface area contributed by atoms with Crippen LogP contribution in [0.25, 0.3) is 11.1 Å². The summed E-state index contributed by atoms with van der Waals surface area (Å²) in [6, 6.07) is 1.69. The Balaban J connectivity index is 2.87. The van der Waals surface area contributed by atoms with Gasteiger partial charge in [-0.15, -0.1) is 13.2 Å². The average molecular weight is 376 g/mol. The van der Waals surface area contributed by atoms with Crippen molar-refractivity contribution in [2.24, 2.45) is 0 Å². The standard InChI is InChI=1S/C14H8F4N2O6/c15-5-2-1-4(3-6(5)26-14(16,17)18)7-8(12(22)23)10(19)20-11(21)9(7)13(24)25/h1-3H,(H,22,23)(H,24,25)(H3,19,20,21). The molecule has 0 saturated heterocycles. The Hall–Kier alpha value is -3.57. The first-order valence-electron chi connectivity index (χ1n) is 6.50.